The van der Waals surface area contributed by atoms with Gasteiger partial charge in [-0.05, 0) is 70.3 Å². The van der Waals surface area contributed by atoms with Gasteiger partial charge in [0.15, 0.2) is 5.79 Å². The molecular formula is C51H98N2O6. The van der Waals surface area contributed by atoms with Crippen LogP contribution in [0, 0.1) is 11.8 Å². The largest absolute Gasteiger partial charge is 0.466 e. The Bertz CT molecular complexity index is 911. The maximum atomic E-state index is 12.6. The maximum Gasteiger partial charge on any atom is 0.306 e. The fourth-order valence-electron chi connectivity index (χ4n) is 9.21. The number of piperazine rings is 1. The number of hydrogen-bond donors (Lipinski definition) is 0. The van der Waals surface area contributed by atoms with Gasteiger partial charge in [-0.2, -0.15) is 0 Å². The van der Waals surface area contributed by atoms with Crippen LogP contribution in [0.2, 0.25) is 0 Å². The Morgan fingerprint density at radius 1 is 0.542 bits per heavy atom. The summed E-state index contributed by atoms with van der Waals surface area (Å²) >= 11 is 0. The monoisotopic (exact) mass is 835 g/mol. The highest BCUT2D eigenvalue weighted by Gasteiger charge is 2.41. The van der Waals surface area contributed by atoms with Crippen LogP contribution in [-0.4, -0.2) is 93.2 Å². The van der Waals surface area contributed by atoms with Crippen molar-refractivity contribution in [3.8, 4) is 0 Å². The van der Waals surface area contributed by atoms with Crippen molar-refractivity contribution in [1.82, 2.24) is 9.80 Å². The van der Waals surface area contributed by atoms with Crippen LogP contribution < -0.4 is 0 Å². The average Bonchev–Trinajstić information content (AvgIpc) is 3.62. The lowest BCUT2D eigenvalue weighted by molar-refractivity contribution is -0.181. The summed E-state index contributed by atoms with van der Waals surface area (Å²) in [6, 6.07) is 0. The number of nitrogens with zero attached hydrogens (tertiary/aromatic N) is 2. The second kappa shape index (κ2) is 36.3. The molecular weight excluding hydrogens is 737 g/mol. The van der Waals surface area contributed by atoms with E-state index < -0.39 is 5.79 Å². The smallest absolute Gasteiger partial charge is 0.306 e. The topological polar surface area (TPSA) is 77.5 Å². The summed E-state index contributed by atoms with van der Waals surface area (Å²) in [6.07, 6.45) is 36.5. The Balaban J connectivity index is 1.65. The van der Waals surface area contributed by atoms with Gasteiger partial charge in [0.05, 0.1) is 25.9 Å². The first-order valence-corrected chi connectivity index (χ1v) is 25.9. The third-order valence-corrected chi connectivity index (χ3v) is 13.2. The van der Waals surface area contributed by atoms with Gasteiger partial charge in [0.2, 0.25) is 0 Å². The Kier molecular flexibility index (Phi) is 33.2. The van der Waals surface area contributed by atoms with Crippen molar-refractivity contribution in [2.24, 2.45) is 11.8 Å². The fraction of sp³-hybridized carbons (Fsp3) is 0.961. The molecule has 2 saturated heterocycles. The number of likely N-dealkylation sites (N-methyl/N-ethyl adjacent to an activating group) is 1. The summed E-state index contributed by atoms with van der Waals surface area (Å²) in [7, 11) is 2.21. The molecule has 2 aliphatic rings. The minimum atomic E-state index is -0.435. The van der Waals surface area contributed by atoms with Gasteiger partial charge in [-0.25, -0.2) is 0 Å². The highest BCUT2D eigenvalue weighted by molar-refractivity contribution is 5.70. The molecule has 0 N–H and O–H groups in total. The van der Waals surface area contributed by atoms with Crippen LogP contribution in [-0.2, 0) is 28.5 Å². The van der Waals surface area contributed by atoms with Gasteiger partial charge in [0.1, 0.15) is 0 Å². The van der Waals surface area contributed by atoms with E-state index in [1.54, 1.807) is 0 Å². The van der Waals surface area contributed by atoms with Crippen LogP contribution in [0.15, 0.2) is 0 Å². The Labute approximate surface area is 365 Å². The first kappa shape index (κ1) is 53.9. The number of hydrogen-bond acceptors (Lipinski definition) is 8. The molecule has 348 valence electrons. The lowest BCUT2D eigenvalue weighted by Crippen LogP contribution is -2.47. The molecule has 0 aliphatic carbocycles. The van der Waals surface area contributed by atoms with Crippen LogP contribution in [0.25, 0.3) is 0 Å². The van der Waals surface area contributed by atoms with Gasteiger partial charge in [-0.15, -0.1) is 0 Å². The lowest BCUT2D eigenvalue weighted by atomic mass is 9.92. The highest BCUT2D eigenvalue weighted by atomic mass is 16.7. The van der Waals surface area contributed by atoms with Gasteiger partial charge < -0.3 is 23.8 Å². The predicted octanol–water partition coefficient (Wildman–Crippen LogP) is 13.2. The van der Waals surface area contributed by atoms with Crippen LogP contribution in [0.3, 0.4) is 0 Å². The number of carbonyl (C=O) groups excluding carboxylic acids is 2. The molecule has 0 radical (unpaired) electrons. The summed E-state index contributed by atoms with van der Waals surface area (Å²) in [5, 5.41) is 0. The first-order chi connectivity index (χ1) is 28.8. The molecule has 0 amide bonds. The van der Waals surface area contributed by atoms with E-state index in [1.165, 1.54) is 141 Å². The molecule has 8 heteroatoms. The van der Waals surface area contributed by atoms with Crippen molar-refractivity contribution in [2.45, 2.75) is 245 Å². The number of carbonyl (C=O) groups is 2. The summed E-state index contributed by atoms with van der Waals surface area (Å²) < 4.78 is 24.8. The number of rotatable bonds is 40. The van der Waals surface area contributed by atoms with Gasteiger partial charge in [0, 0.05) is 58.4 Å². The average molecular weight is 835 g/mol. The van der Waals surface area contributed by atoms with E-state index in [1.807, 2.05) is 0 Å². The number of esters is 2. The number of ether oxygens (including phenoxy) is 4. The van der Waals surface area contributed by atoms with Crippen molar-refractivity contribution in [1.29, 1.82) is 0 Å². The minimum Gasteiger partial charge on any atom is -0.466 e. The molecule has 2 fully saturated rings. The van der Waals surface area contributed by atoms with Crippen molar-refractivity contribution >= 4 is 11.9 Å². The second-order valence-electron chi connectivity index (χ2n) is 18.9. The number of unbranched alkanes of at least 4 members (excludes halogenated alkanes) is 18. The molecule has 0 spiro atoms. The fourth-order valence-corrected chi connectivity index (χ4v) is 9.21. The van der Waals surface area contributed by atoms with Crippen molar-refractivity contribution in [2.75, 3.05) is 59.6 Å². The summed E-state index contributed by atoms with van der Waals surface area (Å²) in [4.78, 5) is 30.2. The molecule has 1 unspecified atom stereocenters. The molecule has 59 heavy (non-hydrogen) atoms. The summed E-state index contributed by atoms with van der Waals surface area (Å²) in [5.41, 5.74) is 0. The van der Waals surface area contributed by atoms with Crippen LogP contribution in [0.1, 0.15) is 233 Å². The first-order valence-electron chi connectivity index (χ1n) is 25.9. The van der Waals surface area contributed by atoms with E-state index in [0.29, 0.717) is 44.5 Å². The zero-order valence-corrected chi connectivity index (χ0v) is 39.9. The molecule has 0 bridgehead atoms. The Morgan fingerprint density at radius 3 is 1.34 bits per heavy atom. The summed E-state index contributed by atoms with van der Waals surface area (Å²) in [5.74, 6) is 0.591. The van der Waals surface area contributed by atoms with Crippen molar-refractivity contribution in [3.05, 3.63) is 0 Å². The molecule has 0 aromatic heterocycles. The Morgan fingerprint density at radius 2 is 0.932 bits per heavy atom. The SMILES string of the molecule is CCCCCC(CCCCC)CC(=O)OCCCCCCCCC1(CCCCCCCCOC(=O)CC(CCCCC)CCCCC)OCC(CN2CCN(C)CC2)O1. The molecule has 0 aromatic rings. The van der Waals surface area contributed by atoms with E-state index in [9.17, 15) is 9.59 Å². The van der Waals surface area contributed by atoms with E-state index >= 15 is 0 Å². The van der Waals surface area contributed by atoms with Crippen LogP contribution in [0.4, 0.5) is 0 Å². The second-order valence-corrected chi connectivity index (χ2v) is 18.9. The van der Waals surface area contributed by atoms with E-state index in [2.05, 4.69) is 44.5 Å². The van der Waals surface area contributed by atoms with Crippen LogP contribution >= 0.6 is 0 Å². The molecule has 8 nitrogen and oxygen atoms in total. The quantitative estimate of drug-likeness (QED) is 0.0446. The highest BCUT2D eigenvalue weighted by Crippen LogP contribution is 2.35. The third kappa shape index (κ3) is 28.2. The normalized spacial score (nSPS) is 17.4. The third-order valence-electron chi connectivity index (χ3n) is 13.2. The minimum absolute atomic E-state index is 0.0168. The van der Waals surface area contributed by atoms with Crippen molar-refractivity contribution < 1.29 is 28.5 Å². The zero-order valence-electron chi connectivity index (χ0n) is 39.9. The molecule has 2 rings (SSSR count). The molecule has 1 atom stereocenters. The van der Waals surface area contributed by atoms with Gasteiger partial charge in [0.25, 0.3) is 0 Å². The van der Waals surface area contributed by atoms with Gasteiger partial charge in [-0.1, -0.05) is 156 Å². The molecule has 0 aromatic carbocycles. The molecule has 0 saturated carbocycles. The predicted molar refractivity (Wildman–Crippen MR) is 247 cm³/mol. The van der Waals surface area contributed by atoms with E-state index in [-0.39, 0.29) is 18.0 Å². The zero-order chi connectivity index (χ0) is 42.7. The van der Waals surface area contributed by atoms with Gasteiger partial charge >= 0.3 is 11.9 Å². The van der Waals surface area contributed by atoms with Crippen LogP contribution in [0.5, 0.6) is 0 Å². The van der Waals surface area contributed by atoms with Crippen molar-refractivity contribution in [3.63, 3.8) is 0 Å². The van der Waals surface area contributed by atoms with E-state index in [0.717, 1.165) is 84.1 Å². The molecule has 2 aliphatic heterocycles. The summed E-state index contributed by atoms with van der Waals surface area (Å²) in [6.45, 7) is 16.3. The molecule has 2 heterocycles. The lowest BCUT2D eigenvalue weighted by Gasteiger charge is -2.34. The van der Waals surface area contributed by atoms with Gasteiger partial charge in [-0.3, -0.25) is 14.5 Å². The Hall–Kier alpha value is -1.22. The maximum absolute atomic E-state index is 12.6. The van der Waals surface area contributed by atoms with E-state index in [4.69, 9.17) is 18.9 Å². The standard InChI is InChI=1S/C51H98N2O6/c1-6-10-22-30-46(31-23-11-7-2)42-49(54)56-40-28-20-16-14-18-26-34-51(58-45-48(59-51)44-53-38-36-52(5)37-39-53)35-27-19-15-17-21-29-41-57-50(55)43-47(32-24-12-8-3)33-25-13-9-4/h46-48H,6-45H2,1-5H3.